The molecule has 3 aromatic carbocycles. The molecule has 0 saturated carbocycles. The molecule has 2 heterocycles. The maximum atomic E-state index is 14.6. The van der Waals surface area contributed by atoms with Crippen LogP contribution in [-0.4, -0.2) is 33.7 Å². The first kappa shape index (κ1) is 25.0. The van der Waals surface area contributed by atoms with E-state index in [0.29, 0.717) is 33.8 Å². The lowest BCUT2D eigenvalue weighted by atomic mass is 10.1. The Kier molecular flexibility index (Phi) is 7.02. The van der Waals surface area contributed by atoms with Gasteiger partial charge in [-0.1, -0.05) is 15.9 Å². The predicted octanol–water partition coefficient (Wildman–Crippen LogP) is 3.84. The van der Waals surface area contributed by atoms with Crippen LogP contribution in [0, 0.1) is 11.6 Å². The molecule has 1 fully saturated rings. The normalized spacial score (nSPS) is 15.4. The van der Waals surface area contributed by atoms with Crippen molar-refractivity contribution < 1.29 is 24.0 Å². The van der Waals surface area contributed by atoms with Gasteiger partial charge in [-0.15, -0.1) is 0 Å². The summed E-state index contributed by atoms with van der Waals surface area (Å²) in [6.07, 6.45) is 1.28. The minimum Gasteiger partial charge on any atom is -0.344 e. The second-order valence-electron chi connectivity index (χ2n) is 8.61. The Morgan fingerprint density at radius 3 is 2.57 bits per heavy atom. The van der Waals surface area contributed by atoms with E-state index in [-0.39, 0.29) is 31.3 Å². The van der Waals surface area contributed by atoms with Crippen molar-refractivity contribution in [2.45, 2.75) is 12.6 Å². The summed E-state index contributed by atoms with van der Waals surface area (Å²) in [5.74, 6) is 4.50. The lowest BCUT2D eigenvalue weighted by Gasteiger charge is -2.23. The lowest BCUT2D eigenvalue weighted by Crippen LogP contribution is -2.41. The van der Waals surface area contributed by atoms with Gasteiger partial charge in [0.05, 0.1) is 5.69 Å². The molecule has 11 heteroatoms. The molecule has 0 spiro atoms. The molecule has 1 aliphatic heterocycles. The largest absolute Gasteiger partial charge is 0.344 e. The number of nitrogen functional groups attached to an aromatic ring is 1. The van der Waals surface area contributed by atoms with Crippen LogP contribution in [0.2, 0.25) is 0 Å². The van der Waals surface area contributed by atoms with E-state index in [2.05, 4.69) is 27.1 Å². The molecule has 0 radical (unpaired) electrons. The summed E-state index contributed by atoms with van der Waals surface area (Å²) >= 11 is 3.43. The average molecular weight is 570 g/mol. The minimum absolute atomic E-state index is 0.118. The van der Waals surface area contributed by atoms with Gasteiger partial charge in [0.25, 0.3) is 5.91 Å². The number of quaternary nitrogens is 1. The first-order chi connectivity index (χ1) is 17.8. The molecule has 1 aromatic heterocycles. The van der Waals surface area contributed by atoms with E-state index < -0.39 is 12.0 Å². The standard InChI is InChI=1S/C26H23BrF2N6O2/c27-17-3-7-19(8-4-17)35-13-20(25(33-35)15-1-5-18(28)6-2-15)26-34(24(36)14-37-26)10-9-16-11-23(32-31)22(30)12-21(16)29/h1-8,11-13,26,32H,9-10,14,30-31H2/p+1. The van der Waals surface area contributed by atoms with Crippen LogP contribution in [0.4, 0.5) is 20.2 Å². The smallest absolute Gasteiger partial charge is 0.250 e. The highest BCUT2D eigenvalue weighted by atomic mass is 79.9. The Morgan fingerprint density at radius 1 is 1.14 bits per heavy atom. The molecular formula is C26H24BrF2N6O2+. The summed E-state index contributed by atoms with van der Waals surface area (Å²) in [6, 6.07) is 16.4. The lowest BCUT2D eigenvalue weighted by molar-refractivity contribution is -0.253. The quantitative estimate of drug-likeness (QED) is 0.231. The third kappa shape index (κ3) is 5.12. The van der Waals surface area contributed by atoms with Gasteiger partial charge in [0.1, 0.15) is 29.6 Å². The fourth-order valence-corrected chi connectivity index (χ4v) is 4.57. The van der Waals surface area contributed by atoms with E-state index in [1.165, 1.54) is 18.2 Å². The van der Waals surface area contributed by atoms with E-state index in [9.17, 15) is 13.6 Å². The zero-order chi connectivity index (χ0) is 26.1. The number of hydrogen-bond donors (Lipinski definition) is 3. The predicted molar refractivity (Wildman–Crippen MR) is 138 cm³/mol. The van der Waals surface area contributed by atoms with Gasteiger partial charge in [-0.05, 0) is 66.6 Å². The van der Waals surface area contributed by atoms with Gasteiger partial charge in [0, 0.05) is 34.4 Å². The maximum absolute atomic E-state index is 14.6. The molecule has 5 rings (SSSR count). The summed E-state index contributed by atoms with van der Waals surface area (Å²) in [6.45, 7) is 0.0835. The van der Waals surface area contributed by atoms with Crippen molar-refractivity contribution in [2.75, 3.05) is 18.6 Å². The van der Waals surface area contributed by atoms with Crippen LogP contribution in [0.3, 0.4) is 0 Å². The second kappa shape index (κ2) is 10.4. The third-order valence-corrected chi connectivity index (χ3v) is 6.76. The zero-order valence-corrected chi connectivity index (χ0v) is 21.2. The van der Waals surface area contributed by atoms with E-state index in [4.69, 9.17) is 15.7 Å². The van der Waals surface area contributed by atoms with Gasteiger partial charge in [-0.2, -0.15) is 5.10 Å². The highest BCUT2D eigenvalue weighted by molar-refractivity contribution is 9.10. The summed E-state index contributed by atoms with van der Waals surface area (Å²) in [7, 11) is 0. The number of halogens is 3. The number of hydrogen-bond acceptors (Lipinski definition) is 5. The molecule has 1 amide bonds. The Bertz CT molecular complexity index is 1440. The van der Waals surface area contributed by atoms with Crippen LogP contribution in [0.5, 0.6) is 0 Å². The molecule has 190 valence electrons. The van der Waals surface area contributed by atoms with Gasteiger partial charge in [0.15, 0.2) is 11.9 Å². The van der Waals surface area contributed by atoms with E-state index in [0.717, 1.165) is 10.2 Å². The van der Waals surface area contributed by atoms with Crippen molar-refractivity contribution in [1.82, 2.24) is 14.7 Å². The Hall–Kier alpha value is -3.64. The summed E-state index contributed by atoms with van der Waals surface area (Å²) < 4.78 is 36.8. The number of nitrogens with zero attached hydrogens (tertiary/aromatic N) is 3. The molecule has 0 bridgehead atoms. The number of ether oxygens (including phenoxy) is 1. The van der Waals surface area contributed by atoms with Crippen molar-refractivity contribution in [2.24, 2.45) is 5.84 Å². The molecule has 6 N–H and O–H groups in total. The van der Waals surface area contributed by atoms with Crippen LogP contribution in [0.15, 0.2) is 71.3 Å². The number of anilines is 1. The zero-order valence-electron chi connectivity index (χ0n) is 19.6. The van der Waals surface area contributed by atoms with Crippen LogP contribution in [-0.2, 0) is 16.0 Å². The molecule has 4 aromatic rings. The number of hydrazine groups is 1. The van der Waals surface area contributed by atoms with Crippen molar-refractivity contribution in [3.05, 3.63) is 94.1 Å². The van der Waals surface area contributed by atoms with E-state index >= 15 is 0 Å². The Labute approximate surface area is 219 Å². The Morgan fingerprint density at radius 2 is 1.86 bits per heavy atom. The SMILES string of the molecule is NNc1cc(CCN2C(=O)COC2c2cn(-c3ccc(Br)cc3)nc2-c2ccc(F)cc2)c(F)cc1[NH3+]. The maximum Gasteiger partial charge on any atom is 0.250 e. The molecule has 37 heavy (non-hydrogen) atoms. The molecule has 1 atom stereocenters. The molecular weight excluding hydrogens is 546 g/mol. The highest BCUT2D eigenvalue weighted by Crippen LogP contribution is 2.36. The highest BCUT2D eigenvalue weighted by Gasteiger charge is 2.36. The van der Waals surface area contributed by atoms with Crippen LogP contribution in [0.1, 0.15) is 17.4 Å². The fraction of sp³-hybridized carbons (Fsp3) is 0.154. The van der Waals surface area contributed by atoms with Crippen molar-refractivity contribution in [1.29, 1.82) is 0 Å². The van der Waals surface area contributed by atoms with Crippen LogP contribution >= 0.6 is 15.9 Å². The van der Waals surface area contributed by atoms with Gasteiger partial charge in [0.2, 0.25) is 0 Å². The number of amides is 1. The Balaban J connectivity index is 1.50. The molecule has 1 saturated heterocycles. The summed E-state index contributed by atoms with van der Waals surface area (Å²) in [5, 5.41) is 4.75. The molecule has 1 aliphatic rings. The first-order valence-corrected chi connectivity index (χ1v) is 12.3. The second-order valence-corrected chi connectivity index (χ2v) is 9.52. The number of aromatic nitrogens is 2. The monoisotopic (exact) mass is 569 g/mol. The number of benzene rings is 3. The minimum atomic E-state index is -0.751. The number of nitrogens with two attached hydrogens (primary N) is 1. The van der Waals surface area contributed by atoms with E-state index in [1.54, 1.807) is 34.0 Å². The molecule has 0 aliphatic carbocycles. The number of rotatable bonds is 7. The fourth-order valence-electron chi connectivity index (χ4n) is 4.31. The average Bonchev–Trinajstić information content (AvgIpc) is 3.48. The first-order valence-electron chi connectivity index (χ1n) is 11.5. The number of nitrogens with one attached hydrogen (secondary N) is 1. The third-order valence-electron chi connectivity index (χ3n) is 6.24. The van der Waals surface area contributed by atoms with Crippen molar-refractivity contribution >= 4 is 33.2 Å². The number of carbonyl (C=O) groups is 1. The van der Waals surface area contributed by atoms with E-state index in [1.807, 2.05) is 24.3 Å². The topological polar surface area (TPSA) is 113 Å². The van der Waals surface area contributed by atoms with Gasteiger partial charge >= 0.3 is 0 Å². The number of carbonyl (C=O) groups excluding carboxylic acids is 1. The van der Waals surface area contributed by atoms with Crippen LogP contribution < -0.4 is 17.0 Å². The molecule has 1 unspecified atom stereocenters. The van der Waals surface area contributed by atoms with Crippen molar-refractivity contribution in [3.8, 4) is 16.9 Å². The van der Waals surface area contributed by atoms with Gasteiger partial charge in [-0.3, -0.25) is 10.6 Å². The summed E-state index contributed by atoms with van der Waals surface area (Å²) in [4.78, 5) is 14.4. The molecule has 8 nitrogen and oxygen atoms in total. The van der Waals surface area contributed by atoms with Crippen LogP contribution in [0.25, 0.3) is 16.9 Å². The van der Waals surface area contributed by atoms with Crippen molar-refractivity contribution in [3.63, 3.8) is 0 Å². The summed E-state index contributed by atoms with van der Waals surface area (Å²) in [5.41, 5.74) is 10.3. The van der Waals surface area contributed by atoms with Gasteiger partial charge < -0.3 is 20.8 Å². The van der Waals surface area contributed by atoms with Gasteiger partial charge in [-0.25, -0.2) is 13.5 Å².